The van der Waals surface area contributed by atoms with Crippen LogP contribution in [0.15, 0.2) is 48.5 Å². The molecular formula is C28H36ClN3O2. The first-order valence-electron chi connectivity index (χ1n) is 12.6. The second kappa shape index (κ2) is 10.4. The Morgan fingerprint density at radius 2 is 1.50 bits per heavy atom. The number of primary amides is 1. The third-order valence-electron chi connectivity index (χ3n) is 8.13. The molecule has 2 aromatic carbocycles. The highest BCUT2D eigenvalue weighted by Gasteiger charge is 2.53. The predicted molar refractivity (Wildman–Crippen MR) is 133 cm³/mol. The molecule has 2 fully saturated rings. The van der Waals surface area contributed by atoms with Crippen LogP contribution in [0.5, 0.6) is 5.75 Å². The molecule has 3 aromatic rings. The molecule has 34 heavy (non-hydrogen) atoms. The van der Waals surface area contributed by atoms with Crippen molar-refractivity contribution >= 4 is 16.9 Å². The average Bonchev–Trinajstić information content (AvgIpc) is 3.25. The van der Waals surface area contributed by atoms with Gasteiger partial charge in [-0.1, -0.05) is 62.8 Å². The summed E-state index contributed by atoms with van der Waals surface area (Å²) in [4.78, 5) is 18.9. The van der Waals surface area contributed by atoms with E-state index in [1.165, 1.54) is 12.8 Å². The number of ether oxygens (including phenoxy) is 1. The second-order valence-corrected chi connectivity index (χ2v) is 9.82. The highest BCUT2D eigenvalue weighted by atomic mass is 35.5. The van der Waals surface area contributed by atoms with Crippen LogP contribution in [0, 0.1) is 11.8 Å². The number of hydrogen-bond donors (Lipinski definition) is 1. The Hall–Kier alpha value is -2.53. The predicted octanol–water partition coefficient (Wildman–Crippen LogP) is 3.17. The minimum absolute atomic E-state index is 0. The van der Waals surface area contributed by atoms with E-state index in [-0.39, 0.29) is 31.6 Å². The van der Waals surface area contributed by atoms with Crippen LogP contribution in [0.2, 0.25) is 0 Å². The first-order valence-corrected chi connectivity index (χ1v) is 12.6. The van der Waals surface area contributed by atoms with Crippen molar-refractivity contribution in [3.8, 4) is 17.1 Å². The van der Waals surface area contributed by atoms with E-state index in [9.17, 15) is 4.79 Å². The van der Waals surface area contributed by atoms with Gasteiger partial charge in [0.05, 0.1) is 23.7 Å². The number of nitrogens with two attached hydrogens (primary N) is 1. The second-order valence-electron chi connectivity index (χ2n) is 9.82. The minimum Gasteiger partial charge on any atom is -1.00 e. The number of nitrogens with zero attached hydrogens (tertiary/aromatic N) is 2. The van der Waals surface area contributed by atoms with Gasteiger partial charge in [-0.15, -0.1) is 0 Å². The molecule has 2 aliphatic carbocycles. The van der Waals surface area contributed by atoms with Crippen LogP contribution in [0.4, 0.5) is 0 Å². The number of hydrogen-bond acceptors (Lipinski definition) is 3. The maximum atomic E-state index is 13.8. The molecule has 2 N–H and O–H groups in total. The molecule has 0 spiro atoms. The summed E-state index contributed by atoms with van der Waals surface area (Å²) < 4.78 is 8.00. The quantitative estimate of drug-likeness (QED) is 0.588. The van der Waals surface area contributed by atoms with Gasteiger partial charge in [-0.05, 0) is 61.8 Å². The van der Waals surface area contributed by atoms with Crippen molar-refractivity contribution in [1.29, 1.82) is 0 Å². The van der Waals surface area contributed by atoms with Crippen molar-refractivity contribution in [2.75, 3.05) is 7.11 Å². The molecule has 0 saturated heterocycles. The summed E-state index contributed by atoms with van der Waals surface area (Å²) in [7, 11) is 1.69. The Kier molecular flexibility index (Phi) is 7.51. The number of methoxy groups -OCH3 is 1. The van der Waals surface area contributed by atoms with Gasteiger partial charge < -0.3 is 27.4 Å². The van der Waals surface area contributed by atoms with Crippen molar-refractivity contribution in [3.05, 3.63) is 48.5 Å². The van der Waals surface area contributed by atoms with Gasteiger partial charge in [0.25, 0.3) is 0 Å². The molecule has 0 atom stereocenters. The number of para-hydroxylation sites is 3. The topological polar surface area (TPSA) is 70.1 Å². The molecule has 1 aromatic heterocycles. The zero-order valence-electron chi connectivity index (χ0n) is 21.0. The lowest BCUT2D eigenvalue weighted by Crippen LogP contribution is -3.00. The van der Waals surface area contributed by atoms with E-state index in [2.05, 4.69) is 10.6 Å². The van der Waals surface area contributed by atoms with Crippen molar-refractivity contribution in [1.82, 2.24) is 9.55 Å². The molecule has 0 radical (unpaired) electrons. The number of carbonyl (C=O) groups excluding carboxylic acids is 1. The largest absolute Gasteiger partial charge is 1.00 e. The first kappa shape index (κ1) is 24.6. The van der Waals surface area contributed by atoms with Gasteiger partial charge in [0.2, 0.25) is 5.91 Å². The van der Waals surface area contributed by atoms with Crippen LogP contribution < -0.4 is 22.9 Å². The van der Waals surface area contributed by atoms with Crippen molar-refractivity contribution in [2.45, 2.75) is 69.7 Å². The molecule has 0 bridgehead atoms. The minimum atomic E-state index is -0.785. The number of halogens is 1. The number of aromatic nitrogens is 2. The molecule has 0 aliphatic heterocycles. The number of amides is 1. The van der Waals surface area contributed by atoms with E-state index in [0.717, 1.165) is 79.5 Å². The van der Waals surface area contributed by atoms with E-state index in [0.29, 0.717) is 0 Å². The van der Waals surface area contributed by atoms with Gasteiger partial charge in [-0.25, -0.2) is 4.98 Å². The number of fused-ring (bicyclic) bond motifs is 1. The van der Waals surface area contributed by atoms with Gasteiger partial charge in [-0.3, -0.25) is 4.79 Å². The normalized spacial score (nSPS) is 17.9. The van der Waals surface area contributed by atoms with Crippen LogP contribution in [0.1, 0.15) is 65.6 Å². The van der Waals surface area contributed by atoms with Gasteiger partial charge in [0.15, 0.2) is 0 Å². The molecule has 2 saturated carbocycles. The lowest BCUT2D eigenvalue weighted by atomic mass is 9.63. The molecule has 2 aliphatic rings. The van der Waals surface area contributed by atoms with E-state index in [1.807, 2.05) is 42.5 Å². The summed E-state index contributed by atoms with van der Waals surface area (Å²) in [5, 5.41) is 0. The smallest absolute Gasteiger partial charge is 1.00 e. The molecular weight excluding hydrogens is 446 g/mol. The van der Waals surface area contributed by atoms with Crippen molar-refractivity contribution in [2.24, 2.45) is 17.6 Å². The van der Waals surface area contributed by atoms with E-state index < -0.39 is 5.54 Å². The van der Waals surface area contributed by atoms with Crippen LogP contribution >= 0.6 is 0 Å². The number of benzene rings is 2. The molecule has 1 amide bonds. The Labute approximate surface area is 210 Å². The molecule has 1 heterocycles. The summed E-state index contributed by atoms with van der Waals surface area (Å²) in [6.45, 7) is 0. The molecule has 5 rings (SSSR count). The lowest BCUT2D eigenvalue weighted by Gasteiger charge is -2.48. The maximum Gasteiger partial charge on any atom is 1.00 e. The standard InChI is InChI=1S/C28H35N3O2.ClH/c1-33-25-19-11-8-16-22(25)26-30-23-17-9-10-18-24(23)31(26)28(27(29)32,20-12-4-2-5-13-20)21-14-6-3-7-15-21;/h8-11,16-21H,2-7,12-15H2,1H3,(H2,29,32);1H. The molecule has 182 valence electrons. The number of carbonyl (C=O) groups is 1. The fourth-order valence-corrected chi connectivity index (χ4v) is 6.71. The van der Waals surface area contributed by atoms with Crippen molar-refractivity contribution < 1.29 is 23.4 Å². The monoisotopic (exact) mass is 481 g/mol. The summed E-state index contributed by atoms with van der Waals surface area (Å²) in [5.41, 5.74) is 8.53. The Bertz CT molecular complexity index is 1120. The zero-order chi connectivity index (χ0) is 22.8. The van der Waals surface area contributed by atoms with Gasteiger partial charge >= 0.3 is 1.43 Å². The zero-order valence-corrected chi connectivity index (χ0v) is 20.8. The SMILES string of the molecule is COc1ccccc1-c1nc2ccccc2n1C(C(N)=O)(C1CCCCC1)C1CCCCC1.[Cl-].[H+]. The average molecular weight is 482 g/mol. The van der Waals surface area contributed by atoms with E-state index in [1.54, 1.807) is 7.11 Å². The summed E-state index contributed by atoms with van der Waals surface area (Å²) >= 11 is 0. The van der Waals surface area contributed by atoms with Crippen LogP contribution in [-0.2, 0) is 10.3 Å². The van der Waals surface area contributed by atoms with Crippen molar-refractivity contribution in [3.63, 3.8) is 0 Å². The summed E-state index contributed by atoms with van der Waals surface area (Å²) in [5.74, 6) is 1.81. The van der Waals surface area contributed by atoms with E-state index >= 15 is 0 Å². The summed E-state index contributed by atoms with van der Waals surface area (Å²) in [6.07, 6.45) is 11.3. The number of rotatable bonds is 6. The molecule has 5 nitrogen and oxygen atoms in total. The fraction of sp³-hybridized carbons (Fsp3) is 0.500. The molecule has 0 unspecified atom stereocenters. The van der Waals surface area contributed by atoms with E-state index in [4.69, 9.17) is 15.5 Å². The van der Waals surface area contributed by atoms with Gasteiger partial charge in [0, 0.05) is 0 Å². The molecule has 6 heteroatoms. The maximum absolute atomic E-state index is 13.8. The Morgan fingerprint density at radius 3 is 2.09 bits per heavy atom. The Balaban J connectivity index is 0.00000171. The highest BCUT2D eigenvalue weighted by Crippen LogP contribution is 2.51. The first-order chi connectivity index (χ1) is 16.2. The third-order valence-corrected chi connectivity index (χ3v) is 8.13. The van der Waals surface area contributed by atoms with Crippen LogP contribution in [-0.4, -0.2) is 22.6 Å². The highest BCUT2D eigenvalue weighted by molar-refractivity contribution is 5.90. The van der Waals surface area contributed by atoms with Crippen LogP contribution in [0.25, 0.3) is 22.4 Å². The third kappa shape index (κ3) is 3.98. The summed E-state index contributed by atoms with van der Waals surface area (Å²) in [6, 6.07) is 16.2. The number of imidazole rings is 1. The van der Waals surface area contributed by atoms with Crippen LogP contribution in [0.3, 0.4) is 0 Å². The lowest BCUT2D eigenvalue weighted by molar-refractivity contribution is -0.135. The van der Waals surface area contributed by atoms with Gasteiger partial charge in [0.1, 0.15) is 17.1 Å². The fourth-order valence-electron chi connectivity index (χ4n) is 6.71. The van der Waals surface area contributed by atoms with Gasteiger partial charge in [-0.2, -0.15) is 0 Å². The Morgan fingerprint density at radius 1 is 0.941 bits per heavy atom.